The lowest BCUT2D eigenvalue weighted by atomic mass is 9.95. The van der Waals surface area contributed by atoms with Crippen molar-refractivity contribution in [3.05, 3.63) is 0 Å². The summed E-state index contributed by atoms with van der Waals surface area (Å²) in [6.45, 7) is 2.19. The van der Waals surface area contributed by atoms with Gasteiger partial charge in [0.05, 0.1) is 12.8 Å². The van der Waals surface area contributed by atoms with Crippen molar-refractivity contribution in [1.29, 1.82) is 0 Å². The highest BCUT2D eigenvalue weighted by molar-refractivity contribution is 5.90. The minimum Gasteiger partial charge on any atom is -0.481 e. The van der Waals surface area contributed by atoms with Crippen LogP contribution in [0.4, 0.5) is 0 Å². The molecular formula is C20H38MgO9. The van der Waals surface area contributed by atoms with Crippen LogP contribution in [0.2, 0.25) is 0 Å². The van der Waals surface area contributed by atoms with Gasteiger partial charge < -0.3 is 25.5 Å². The first-order valence-electron chi connectivity index (χ1n) is 10.1. The summed E-state index contributed by atoms with van der Waals surface area (Å²) in [6, 6.07) is 0. The van der Waals surface area contributed by atoms with Crippen LogP contribution in [-0.4, -0.2) is 73.3 Å². The number of esters is 1. The Bertz CT molecular complexity index is 493. The van der Waals surface area contributed by atoms with E-state index in [0.717, 1.165) is 25.7 Å². The number of hydrogen-bond acceptors (Lipinski definition) is 5. The highest BCUT2D eigenvalue weighted by atomic mass is 24.3. The van der Waals surface area contributed by atoms with Crippen LogP contribution in [0.5, 0.6) is 0 Å². The van der Waals surface area contributed by atoms with Crippen LogP contribution in [0.15, 0.2) is 0 Å². The van der Waals surface area contributed by atoms with E-state index in [1.165, 1.54) is 38.5 Å². The van der Waals surface area contributed by atoms with Crippen LogP contribution in [-0.2, 0) is 23.9 Å². The molecule has 0 aliphatic carbocycles. The number of ether oxygens (including phenoxy) is 1. The second-order valence-electron chi connectivity index (χ2n) is 7.20. The van der Waals surface area contributed by atoms with Gasteiger partial charge in [-0.3, -0.25) is 14.4 Å². The van der Waals surface area contributed by atoms with Gasteiger partial charge in [-0.25, -0.2) is 4.79 Å². The Hall–Kier alpha value is -1.39. The number of carbonyl (C=O) groups is 4. The second kappa shape index (κ2) is 19.6. The van der Waals surface area contributed by atoms with Gasteiger partial charge in [-0.05, 0) is 6.42 Å². The fraction of sp³-hybridized carbons (Fsp3) is 0.800. The van der Waals surface area contributed by atoms with E-state index >= 15 is 0 Å². The molecule has 174 valence electrons. The summed E-state index contributed by atoms with van der Waals surface area (Å²) in [5.74, 6) is -5.76. The summed E-state index contributed by atoms with van der Waals surface area (Å²) in [7, 11) is 0. The molecule has 0 saturated carbocycles. The topological polar surface area (TPSA) is 170 Å². The summed E-state index contributed by atoms with van der Waals surface area (Å²) in [6.07, 6.45) is 9.73. The summed E-state index contributed by atoms with van der Waals surface area (Å²) in [5.41, 5.74) is -2.58. The smallest absolute Gasteiger partial charge is 0.349 e. The largest absolute Gasteiger partial charge is 0.481 e. The van der Waals surface area contributed by atoms with Crippen LogP contribution in [0.1, 0.15) is 96.8 Å². The van der Waals surface area contributed by atoms with E-state index in [2.05, 4.69) is 6.92 Å². The molecule has 0 aliphatic heterocycles. The van der Waals surface area contributed by atoms with Crippen molar-refractivity contribution in [3.8, 4) is 0 Å². The number of carboxylic acid groups (broad SMARTS) is 3. The third-order valence-corrected chi connectivity index (χ3v) is 4.56. The molecule has 0 fully saturated rings. The van der Waals surface area contributed by atoms with E-state index in [4.69, 9.17) is 14.9 Å². The minimum atomic E-state index is -2.58. The van der Waals surface area contributed by atoms with Crippen molar-refractivity contribution in [2.75, 3.05) is 0 Å². The van der Waals surface area contributed by atoms with Gasteiger partial charge in [0, 0.05) is 6.42 Å². The lowest BCUT2D eigenvalue weighted by Crippen LogP contribution is -2.47. The van der Waals surface area contributed by atoms with Crippen LogP contribution in [0.3, 0.4) is 0 Å². The van der Waals surface area contributed by atoms with Crippen molar-refractivity contribution < 1.29 is 44.7 Å². The molecule has 0 amide bonds. The quantitative estimate of drug-likeness (QED) is 0.163. The third kappa shape index (κ3) is 16.4. The maximum absolute atomic E-state index is 11.9. The summed E-state index contributed by atoms with van der Waals surface area (Å²) in [4.78, 5) is 45.1. The maximum Gasteiger partial charge on any atom is 0.349 e. The van der Waals surface area contributed by atoms with Crippen molar-refractivity contribution in [3.63, 3.8) is 0 Å². The Morgan fingerprint density at radius 2 is 1.07 bits per heavy atom. The molecule has 0 aromatic heterocycles. The average Bonchev–Trinajstić information content (AvgIpc) is 2.58. The molecule has 0 radical (unpaired) electrons. The molecule has 0 saturated heterocycles. The fourth-order valence-corrected chi connectivity index (χ4v) is 3.02. The zero-order valence-corrected chi connectivity index (χ0v) is 17.3. The van der Waals surface area contributed by atoms with Gasteiger partial charge >= 0.3 is 46.9 Å². The third-order valence-electron chi connectivity index (χ3n) is 4.56. The van der Waals surface area contributed by atoms with Crippen molar-refractivity contribution in [1.82, 2.24) is 0 Å². The molecular weight excluding hydrogens is 409 g/mol. The van der Waals surface area contributed by atoms with Crippen molar-refractivity contribution in [2.24, 2.45) is 0 Å². The first kappa shape index (κ1) is 33.2. The molecule has 10 heteroatoms. The summed E-state index contributed by atoms with van der Waals surface area (Å²) >= 11 is 0. The van der Waals surface area contributed by atoms with Crippen LogP contribution in [0.25, 0.3) is 0 Å². The van der Waals surface area contributed by atoms with Gasteiger partial charge in [0.1, 0.15) is 0 Å². The summed E-state index contributed by atoms with van der Waals surface area (Å²) < 4.78 is 4.81. The molecule has 0 heterocycles. The molecule has 9 nitrogen and oxygen atoms in total. The van der Waals surface area contributed by atoms with Crippen LogP contribution in [0, 0.1) is 0 Å². The van der Waals surface area contributed by atoms with Gasteiger partial charge in [0.2, 0.25) is 5.60 Å². The molecule has 0 bridgehead atoms. The highest BCUT2D eigenvalue weighted by Crippen LogP contribution is 2.23. The Balaban J connectivity index is -0.00000364. The van der Waals surface area contributed by atoms with Gasteiger partial charge in [0.25, 0.3) is 0 Å². The van der Waals surface area contributed by atoms with E-state index in [1.54, 1.807) is 0 Å². The van der Waals surface area contributed by atoms with Gasteiger partial charge in [-0.15, -0.1) is 0 Å². The second-order valence-corrected chi connectivity index (χ2v) is 7.20. The van der Waals surface area contributed by atoms with Crippen molar-refractivity contribution >= 4 is 46.9 Å². The molecule has 0 aromatic rings. The monoisotopic (exact) mass is 446 g/mol. The Morgan fingerprint density at radius 3 is 1.40 bits per heavy atom. The molecule has 0 spiro atoms. The molecule has 0 aromatic carbocycles. The van der Waals surface area contributed by atoms with Crippen LogP contribution >= 0.6 is 0 Å². The van der Waals surface area contributed by atoms with Crippen LogP contribution < -0.4 is 0 Å². The van der Waals surface area contributed by atoms with Gasteiger partial charge in [-0.1, -0.05) is 71.1 Å². The Labute approximate surface area is 194 Å². The van der Waals surface area contributed by atoms with Crippen molar-refractivity contribution in [2.45, 2.75) is 102 Å². The maximum atomic E-state index is 11.9. The number of aliphatic carboxylic acids is 3. The lowest BCUT2D eigenvalue weighted by Gasteiger charge is -2.26. The molecule has 0 unspecified atom stereocenters. The highest BCUT2D eigenvalue weighted by Gasteiger charge is 2.47. The van der Waals surface area contributed by atoms with Gasteiger partial charge in [-0.2, -0.15) is 0 Å². The number of carbonyl (C=O) groups excluding carboxylic acids is 1. The zero-order chi connectivity index (χ0) is 21.4. The van der Waals surface area contributed by atoms with E-state index in [9.17, 15) is 24.3 Å². The molecule has 5 N–H and O–H groups in total. The van der Waals surface area contributed by atoms with E-state index in [1.807, 2.05) is 0 Å². The zero-order valence-electron chi connectivity index (χ0n) is 17.3. The van der Waals surface area contributed by atoms with E-state index < -0.39 is 42.3 Å². The van der Waals surface area contributed by atoms with E-state index in [0.29, 0.717) is 6.42 Å². The van der Waals surface area contributed by atoms with E-state index in [-0.39, 0.29) is 34.9 Å². The minimum absolute atomic E-state index is 0. The number of carboxylic acids is 3. The number of hydrogen-bond donors (Lipinski definition) is 3. The fourth-order valence-electron chi connectivity index (χ4n) is 3.02. The molecule has 0 aliphatic rings. The lowest BCUT2D eigenvalue weighted by molar-refractivity contribution is -0.186. The standard InChI is InChI=1S/C20H34O8.Mg.H2O.2H/c1-2-3-4-5-6-7-8-9-10-11-12-13-18(25)28-20(19(26)27,14-16(21)22)15-17(23)24;;;;/h2-15H2,1H3,(H,21,22)(H,23,24)(H,26,27);;1H2;;. The first-order valence-corrected chi connectivity index (χ1v) is 10.1. The number of rotatable bonds is 18. The summed E-state index contributed by atoms with van der Waals surface area (Å²) in [5, 5.41) is 26.9. The molecule has 30 heavy (non-hydrogen) atoms. The first-order chi connectivity index (χ1) is 13.2. The normalized spacial score (nSPS) is 10.4. The molecule has 0 atom stereocenters. The predicted octanol–water partition coefficient (Wildman–Crippen LogP) is 2.26. The predicted molar refractivity (Wildman–Crippen MR) is 114 cm³/mol. The average molecular weight is 447 g/mol. The molecule has 0 rings (SSSR count). The SMILES string of the molecule is CCCCCCCCCCCCCC(=O)OC(CC(=O)O)(CC(=O)O)C(=O)O.O.[MgH2]. The Morgan fingerprint density at radius 1 is 0.700 bits per heavy atom. The number of unbranched alkanes of at least 4 members (excludes halogenated alkanes) is 10. The Kier molecular flexibility index (Phi) is 21.7. The van der Waals surface area contributed by atoms with Gasteiger partial charge in [0.15, 0.2) is 0 Å².